The normalized spacial score (nSPS) is 16.1. The summed E-state index contributed by atoms with van der Waals surface area (Å²) in [7, 11) is 0. The van der Waals surface area contributed by atoms with E-state index >= 15 is 0 Å². The van der Waals surface area contributed by atoms with Crippen molar-refractivity contribution in [1.82, 2.24) is 15.3 Å². The molecular formula is C35H43N5O2S. The van der Waals surface area contributed by atoms with E-state index in [4.69, 9.17) is 4.98 Å². The van der Waals surface area contributed by atoms with Crippen LogP contribution in [0.2, 0.25) is 0 Å². The Morgan fingerprint density at radius 1 is 0.953 bits per heavy atom. The van der Waals surface area contributed by atoms with Crippen LogP contribution in [0.5, 0.6) is 0 Å². The van der Waals surface area contributed by atoms with Crippen molar-refractivity contribution in [1.29, 1.82) is 0 Å². The Morgan fingerprint density at radius 3 is 2.56 bits per heavy atom. The van der Waals surface area contributed by atoms with Gasteiger partial charge in [0.2, 0.25) is 11.9 Å². The van der Waals surface area contributed by atoms with Crippen LogP contribution in [0.25, 0.3) is 11.3 Å². The molecule has 5 rings (SSSR count). The molecule has 0 bridgehead atoms. The highest BCUT2D eigenvalue weighted by Gasteiger charge is 2.31. The second-order valence-corrected chi connectivity index (χ2v) is 12.8. The molecule has 8 heteroatoms. The van der Waals surface area contributed by atoms with Crippen LogP contribution in [0.3, 0.4) is 0 Å². The van der Waals surface area contributed by atoms with Gasteiger partial charge in [-0.3, -0.25) is 9.59 Å². The lowest BCUT2D eigenvalue weighted by Crippen LogP contribution is -2.24. The van der Waals surface area contributed by atoms with Gasteiger partial charge in [0, 0.05) is 35.2 Å². The van der Waals surface area contributed by atoms with E-state index in [0.29, 0.717) is 18.1 Å². The summed E-state index contributed by atoms with van der Waals surface area (Å²) >= 11 is 1.76. The van der Waals surface area contributed by atoms with Crippen LogP contribution in [0.1, 0.15) is 93.5 Å². The lowest BCUT2D eigenvalue weighted by Gasteiger charge is -2.15. The Hall–Kier alpha value is -3.65. The Labute approximate surface area is 259 Å². The number of carbonyl (C=O) groups is 2. The molecule has 3 N–H and O–H groups in total. The van der Waals surface area contributed by atoms with E-state index in [9.17, 15) is 9.59 Å². The van der Waals surface area contributed by atoms with Crippen molar-refractivity contribution < 1.29 is 9.59 Å². The number of allylic oxidation sites excluding steroid dienone is 2. The quantitative estimate of drug-likeness (QED) is 0.171. The molecule has 7 nitrogen and oxygen atoms in total. The van der Waals surface area contributed by atoms with E-state index < -0.39 is 0 Å². The van der Waals surface area contributed by atoms with Gasteiger partial charge in [-0.05, 0) is 92.3 Å². The molecular weight excluding hydrogens is 554 g/mol. The summed E-state index contributed by atoms with van der Waals surface area (Å²) < 4.78 is 0. The fraction of sp³-hybridized carbons (Fsp3) is 0.429. The van der Waals surface area contributed by atoms with Crippen molar-refractivity contribution >= 4 is 40.9 Å². The summed E-state index contributed by atoms with van der Waals surface area (Å²) in [6, 6.07) is 15.2. The lowest BCUT2D eigenvalue weighted by atomic mass is 9.96. The fourth-order valence-electron chi connectivity index (χ4n) is 5.76. The molecule has 3 aromatic rings. The number of nitrogens with zero attached hydrogens (tertiary/aromatic N) is 2. The highest BCUT2D eigenvalue weighted by Crippen LogP contribution is 2.45. The molecule has 1 aliphatic carbocycles. The minimum absolute atomic E-state index is 0.0428. The van der Waals surface area contributed by atoms with Gasteiger partial charge in [-0.1, -0.05) is 56.7 Å². The maximum Gasteiger partial charge on any atom is 0.251 e. The first-order valence-corrected chi connectivity index (χ1v) is 16.7. The van der Waals surface area contributed by atoms with Gasteiger partial charge in [0.25, 0.3) is 5.91 Å². The number of amides is 2. The average Bonchev–Trinajstić information content (AvgIpc) is 3.47. The van der Waals surface area contributed by atoms with E-state index in [0.717, 1.165) is 60.3 Å². The minimum atomic E-state index is -0.0526. The van der Waals surface area contributed by atoms with E-state index in [1.54, 1.807) is 18.0 Å². The fourth-order valence-corrected chi connectivity index (χ4v) is 7.16. The van der Waals surface area contributed by atoms with Gasteiger partial charge in [0.1, 0.15) is 0 Å². The molecule has 0 radical (unpaired) electrons. The van der Waals surface area contributed by atoms with Crippen molar-refractivity contribution in [2.75, 3.05) is 17.2 Å². The highest BCUT2D eigenvalue weighted by atomic mass is 32.2. The number of carbonyl (C=O) groups excluding carboxylic acids is 2. The van der Waals surface area contributed by atoms with Gasteiger partial charge in [-0.25, -0.2) is 9.97 Å². The van der Waals surface area contributed by atoms with Gasteiger partial charge >= 0.3 is 0 Å². The monoisotopic (exact) mass is 597 g/mol. The molecule has 0 spiro atoms. The molecule has 1 unspecified atom stereocenters. The first-order chi connectivity index (χ1) is 21.0. The van der Waals surface area contributed by atoms with Crippen molar-refractivity contribution in [3.8, 4) is 11.3 Å². The topological polar surface area (TPSA) is 96.0 Å². The first kappa shape index (κ1) is 30.8. The number of rotatable bonds is 13. The Kier molecular flexibility index (Phi) is 10.9. The van der Waals surface area contributed by atoms with Crippen LogP contribution < -0.4 is 16.0 Å². The number of hydrogen-bond acceptors (Lipinski definition) is 6. The molecule has 1 aliphatic heterocycles. The number of anilines is 3. The van der Waals surface area contributed by atoms with Crippen LogP contribution in [-0.4, -0.2) is 33.6 Å². The molecule has 1 atom stereocenters. The zero-order valence-corrected chi connectivity index (χ0v) is 26.2. The SMILES string of the molecule is CCCCCCCCNC(=O)c1ccc(Nc2nccc(-c3cccc(NC(=O)C4CC5=C(CCCC5)S4)c3C)n2)cc1. The molecule has 226 valence electrons. The number of nitrogens with one attached hydrogen (secondary N) is 3. The van der Waals surface area contributed by atoms with Gasteiger partial charge in [-0.15, -0.1) is 11.8 Å². The standard InChI is InChI=1S/C35H43N5O2S/c1-3-4-5-6-7-10-21-36-33(41)25-16-18-27(19-17-25)38-35-37-22-20-30(40-35)28-13-11-14-29(24(28)2)39-34(42)32-23-26-12-8-9-15-31(26)43-32/h11,13-14,16-20,22,32H,3-10,12,15,21,23H2,1-2H3,(H,36,41)(H,39,42)(H,37,38,40). The second kappa shape index (κ2) is 15.2. The number of thioether (sulfide) groups is 1. The van der Waals surface area contributed by atoms with Crippen LogP contribution >= 0.6 is 11.8 Å². The number of benzene rings is 2. The average molecular weight is 598 g/mol. The summed E-state index contributed by atoms with van der Waals surface area (Å²) in [6.07, 6.45) is 14.5. The largest absolute Gasteiger partial charge is 0.352 e. The van der Waals surface area contributed by atoms with E-state index in [1.165, 1.54) is 49.0 Å². The number of aromatic nitrogens is 2. The molecule has 2 aromatic carbocycles. The first-order valence-electron chi connectivity index (χ1n) is 15.8. The molecule has 0 fully saturated rings. The lowest BCUT2D eigenvalue weighted by molar-refractivity contribution is -0.115. The Morgan fingerprint density at radius 2 is 1.74 bits per heavy atom. The third kappa shape index (κ3) is 8.25. The third-order valence-corrected chi connectivity index (χ3v) is 9.72. The van der Waals surface area contributed by atoms with Gasteiger partial charge in [-0.2, -0.15) is 0 Å². The summed E-state index contributed by atoms with van der Waals surface area (Å²) in [6.45, 7) is 4.93. The van der Waals surface area contributed by atoms with Crippen molar-refractivity contribution in [3.63, 3.8) is 0 Å². The maximum atomic E-state index is 13.2. The van der Waals surface area contributed by atoms with Crippen LogP contribution in [0.15, 0.2) is 65.2 Å². The minimum Gasteiger partial charge on any atom is -0.352 e. The second-order valence-electron chi connectivity index (χ2n) is 11.5. The third-order valence-electron chi connectivity index (χ3n) is 8.28. The zero-order valence-electron chi connectivity index (χ0n) is 25.4. The molecule has 43 heavy (non-hydrogen) atoms. The van der Waals surface area contributed by atoms with Crippen LogP contribution in [0, 0.1) is 6.92 Å². The number of unbranched alkanes of at least 4 members (excludes halogenated alkanes) is 5. The van der Waals surface area contributed by atoms with Crippen LogP contribution in [0.4, 0.5) is 17.3 Å². The Balaban J connectivity index is 1.16. The molecule has 2 amide bonds. The summed E-state index contributed by atoms with van der Waals surface area (Å²) in [5.41, 5.74) is 6.41. The molecule has 1 aromatic heterocycles. The van der Waals surface area contributed by atoms with Crippen molar-refractivity contribution in [3.05, 3.63) is 76.3 Å². The van der Waals surface area contributed by atoms with E-state index in [-0.39, 0.29) is 17.1 Å². The van der Waals surface area contributed by atoms with Gasteiger partial charge in [0.15, 0.2) is 0 Å². The van der Waals surface area contributed by atoms with Crippen molar-refractivity contribution in [2.45, 2.75) is 89.7 Å². The molecule has 2 aliphatic rings. The maximum absolute atomic E-state index is 13.2. The van der Waals surface area contributed by atoms with Gasteiger partial charge in [0.05, 0.1) is 10.9 Å². The summed E-state index contributed by atoms with van der Waals surface area (Å²) in [4.78, 5) is 36.3. The van der Waals surface area contributed by atoms with Gasteiger partial charge < -0.3 is 16.0 Å². The molecule has 2 heterocycles. The van der Waals surface area contributed by atoms with Crippen molar-refractivity contribution in [2.24, 2.45) is 0 Å². The smallest absolute Gasteiger partial charge is 0.251 e. The highest BCUT2D eigenvalue weighted by molar-refractivity contribution is 8.04. The predicted octanol–water partition coefficient (Wildman–Crippen LogP) is 8.56. The van der Waals surface area contributed by atoms with E-state index in [2.05, 4.69) is 27.9 Å². The Bertz CT molecular complexity index is 1430. The van der Waals surface area contributed by atoms with Crippen LogP contribution in [-0.2, 0) is 4.79 Å². The van der Waals surface area contributed by atoms with E-state index in [1.807, 2.05) is 55.5 Å². The summed E-state index contributed by atoms with van der Waals surface area (Å²) in [5, 5.41) is 9.42. The number of hydrogen-bond donors (Lipinski definition) is 3. The molecule has 0 saturated carbocycles. The predicted molar refractivity (Wildman–Crippen MR) is 178 cm³/mol. The summed E-state index contributed by atoms with van der Waals surface area (Å²) in [5.74, 6) is 0.484. The molecule has 0 saturated heterocycles. The zero-order chi connectivity index (χ0) is 30.0.